The Kier molecular flexibility index (Phi) is 5.22. The van der Waals surface area contributed by atoms with Crippen molar-refractivity contribution in [3.05, 3.63) is 59.9 Å². The van der Waals surface area contributed by atoms with E-state index in [-0.39, 0.29) is 0 Å². The van der Waals surface area contributed by atoms with E-state index < -0.39 is 0 Å². The first-order valence-electron chi connectivity index (χ1n) is 7.24. The Labute approximate surface area is 116 Å². The van der Waals surface area contributed by atoms with Crippen molar-refractivity contribution in [2.24, 2.45) is 0 Å². The Bertz CT molecular complexity index is 473. The zero-order valence-electron chi connectivity index (χ0n) is 12.0. The van der Waals surface area contributed by atoms with Gasteiger partial charge in [-0.2, -0.15) is 0 Å². The Morgan fingerprint density at radius 1 is 1.11 bits per heavy atom. The van der Waals surface area contributed by atoms with Crippen LogP contribution < -0.4 is 5.32 Å². The smallest absolute Gasteiger partial charge is 0.0555 e. The van der Waals surface area contributed by atoms with E-state index in [1.165, 1.54) is 24.1 Å². The normalized spacial score (nSPS) is 12.5. The predicted octanol–water partition coefficient (Wildman–Crippen LogP) is 3.99. The van der Waals surface area contributed by atoms with Gasteiger partial charge in [-0.05, 0) is 37.6 Å². The Morgan fingerprint density at radius 2 is 1.89 bits per heavy atom. The number of nitrogens with zero attached hydrogens (tertiary/aromatic N) is 1. The molecule has 0 aliphatic rings. The topological polar surface area (TPSA) is 17.0 Å². The number of unbranched alkanes of at least 4 members (excludes halogenated alkanes) is 1. The van der Waals surface area contributed by atoms with Gasteiger partial charge in [0.25, 0.3) is 0 Å². The lowest BCUT2D eigenvalue weighted by Gasteiger charge is -2.18. The van der Waals surface area contributed by atoms with E-state index in [0.717, 1.165) is 13.1 Å². The maximum Gasteiger partial charge on any atom is 0.0555 e. The van der Waals surface area contributed by atoms with Gasteiger partial charge in [0.15, 0.2) is 0 Å². The van der Waals surface area contributed by atoms with E-state index in [9.17, 15) is 0 Å². The maximum atomic E-state index is 3.51. The minimum Gasteiger partial charge on any atom is -0.343 e. The van der Waals surface area contributed by atoms with Crippen molar-refractivity contribution in [1.82, 2.24) is 9.88 Å². The van der Waals surface area contributed by atoms with Crippen LogP contribution in [0.5, 0.6) is 0 Å². The molecule has 2 nitrogen and oxygen atoms in total. The van der Waals surface area contributed by atoms with Crippen molar-refractivity contribution in [3.8, 4) is 0 Å². The number of rotatable bonds is 7. The molecule has 19 heavy (non-hydrogen) atoms. The van der Waals surface area contributed by atoms with Crippen molar-refractivity contribution in [2.45, 2.75) is 39.3 Å². The van der Waals surface area contributed by atoms with E-state index in [1.54, 1.807) is 0 Å². The second-order valence-electron chi connectivity index (χ2n) is 5.02. The molecule has 0 saturated carbocycles. The molecule has 0 aliphatic carbocycles. The fourth-order valence-corrected chi connectivity index (χ4v) is 2.37. The molecule has 0 amide bonds. The van der Waals surface area contributed by atoms with E-state index in [1.807, 2.05) is 0 Å². The van der Waals surface area contributed by atoms with Crippen LogP contribution >= 0.6 is 0 Å². The predicted molar refractivity (Wildman–Crippen MR) is 81.3 cm³/mol. The molecule has 1 unspecified atom stereocenters. The minimum atomic E-state index is 0.388. The van der Waals surface area contributed by atoms with Crippen LogP contribution in [-0.2, 0) is 6.54 Å². The molecule has 1 heterocycles. The van der Waals surface area contributed by atoms with Crippen LogP contribution in [0.25, 0.3) is 0 Å². The van der Waals surface area contributed by atoms with Gasteiger partial charge in [-0.1, -0.05) is 43.7 Å². The third-order valence-electron chi connectivity index (χ3n) is 3.58. The van der Waals surface area contributed by atoms with Crippen molar-refractivity contribution in [2.75, 3.05) is 6.54 Å². The maximum absolute atomic E-state index is 3.51. The highest BCUT2D eigenvalue weighted by Crippen LogP contribution is 2.20. The highest BCUT2D eigenvalue weighted by atomic mass is 15.0. The summed E-state index contributed by atoms with van der Waals surface area (Å²) in [6, 6.07) is 15.4. The average Bonchev–Trinajstić information content (AvgIpc) is 2.92. The van der Waals surface area contributed by atoms with Gasteiger partial charge in [0.05, 0.1) is 6.04 Å². The minimum absolute atomic E-state index is 0.388. The third kappa shape index (κ3) is 3.71. The van der Waals surface area contributed by atoms with E-state index >= 15 is 0 Å². The molecule has 1 aromatic heterocycles. The number of hydrogen-bond donors (Lipinski definition) is 1. The fourth-order valence-electron chi connectivity index (χ4n) is 2.37. The zero-order valence-corrected chi connectivity index (χ0v) is 12.0. The summed E-state index contributed by atoms with van der Waals surface area (Å²) in [5, 5.41) is 3.51. The lowest BCUT2D eigenvalue weighted by atomic mass is 10.1. The van der Waals surface area contributed by atoms with Crippen molar-refractivity contribution < 1.29 is 0 Å². The molecule has 0 fully saturated rings. The van der Waals surface area contributed by atoms with E-state index in [2.05, 4.69) is 72.4 Å². The standard InChI is InChI=1S/C17H24N2/c1-3-4-12-18-14-17-11-8-13-19(17)15(2)16-9-6-5-7-10-16/h5-11,13,15,18H,3-4,12,14H2,1-2H3. The van der Waals surface area contributed by atoms with Gasteiger partial charge in [0.2, 0.25) is 0 Å². The van der Waals surface area contributed by atoms with Gasteiger partial charge in [-0.15, -0.1) is 0 Å². The molecular formula is C17H24N2. The van der Waals surface area contributed by atoms with Crippen molar-refractivity contribution >= 4 is 0 Å². The van der Waals surface area contributed by atoms with Gasteiger partial charge < -0.3 is 9.88 Å². The summed E-state index contributed by atoms with van der Waals surface area (Å²) >= 11 is 0. The molecule has 0 radical (unpaired) electrons. The molecule has 2 rings (SSSR count). The first-order chi connectivity index (χ1) is 9.33. The number of aromatic nitrogens is 1. The second-order valence-corrected chi connectivity index (χ2v) is 5.02. The molecule has 102 valence electrons. The molecular weight excluding hydrogens is 232 g/mol. The summed E-state index contributed by atoms with van der Waals surface area (Å²) in [6.45, 7) is 6.53. The summed E-state index contributed by atoms with van der Waals surface area (Å²) < 4.78 is 2.36. The molecule has 0 saturated heterocycles. The van der Waals surface area contributed by atoms with Crippen LogP contribution in [0.2, 0.25) is 0 Å². The quantitative estimate of drug-likeness (QED) is 0.741. The van der Waals surface area contributed by atoms with Crippen LogP contribution in [0.1, 0.15) is 44.0 Å². The van der Waals surface area contributed by atoms with Crippen molar-refractivity contribution in [3.63, 3.8) is 0 Å². The molecule has 0 spiro atoms. The summed E-state index contributed by atoms with van der Waals surface area (Å²) in [4.78, 5) is 0. The summed E-state index contributed by atoms with van der Waals surface area (Å²) in [5.74, 6) is 0. The molecule has 0 aliphatic heterocycles. The van der Waals surface area contributed by atoms with Crippen LogP contribution in [-0.4, -0.2) is 11.1 Å². The largest absolute Gasteiger partial charge is 0.343 e. The van der Waals surface area contributed by atoms with Gasteiger partial charge in [-0.25, -0.2) is 0 Å². The SMILES string of the molecule is CCCCNCc1cccn1C(C)c1ccccc1. The van der Waals surface area contributed by atoms with Crippen molar-refractivity contribution in [1.29, 1.82) is 0 Å². The molecule has 1 atom stereocenters. The lowest BCUT2D eigenvalue weighted by molar-refractivity contribution is 0.568. The van der Waals surface area contributed by atoms with Crippen LogP contribution in [0.4, 0.5) is 0 Å². The van der Waals surface area contributed by atoms with Gasteiger partial charge in [-0.3, -0.25) is 0 Å². The highest BCUT2D eigenvalue weighted by Gasteiger charge is 2.09. The first kappa shape index (κ1) is 13.9. The third-order valence-corrected chi connectivity index (χ3v) is 3.58. The fraction of sp³-hybridized carbons (Fsp3) is 0.412. The number of nitrogens with one attached hydrogen (secondary N) is 1. The Balaban J connectivity index is 2.02. The number of hydrogen-bond acceptors (Lipinski definition) is 1. The Morgan fingerprint density at radius 3 is 2.63 bits per heavy atom. The van der Waals surface area contributed by atoms with Gasteiger partial charge in [0.1, 0.15) is 0 Å². The average molecular weight is 256 g/mol. The summed E-state index contributed by atoms with van der Waals surface area (Å²) in [6.07, 6.45) is 4.66. The van der Waals surface area contributed by atoms with Crippen LogP contribution in [0.3, 0.4) is 0 Å². The molecule has 1 aromatic carbocycles. The first-order valence-corrected chi connectivity index (χ1v) is 7.24. The van der Waals surface area contributed by atoms with Crippen LogP contribution in [0.15, 0.2) is 48.7 Å². The van der Waals surface area contributed by atoms with Gasteiger partial charge >= 0.3 is 0 Å². The van der Waals surface area contributed by atoms with E-state index in [4.69, 9.17) is 0 Å². The summed E-state index contributed by atoms with van der Waals surface area (Å²) in [5.41, 5.74) is 2.71. The molecule has 2 aromatic rings. The zero-order chi connectivity index (χ0) is 13.5. The Hall–Kier alpha value is -1.54. The second kappa shape index (κ2) is 7.15. The lowest BCUT2D eigenvalue weighted by Crippen LogP contribution is -2.18. The monoisotopic (exact) mass is 256 g/mol. The molecule has 1 N–H and O–H groups in total. The number of benzene rings is 1. The van der Waals surface area contributed by atoms with E-state index in [0.29, 0.717) is 6.04 Å². The van der Waals surface area contributed by atoms with Crippen LogP contribution in [0, 0.1) is 0 Å². The molecule has 2 heteroatoms. The molecule has 0 bridgehead atoms. The summed E-state index contributed by atoms with van der Waals surface area (Å²) in [7, 11) is 0. The highest BCUT2D eigenvalue weighted by molar-refractivity contribution is 5.21. The van der Waals surface area contributed by atoms with Gasteiger partial charge in [0, 0.05) is 18.4 Å².